The first kappa shape index (κ1) is 21.5. The van der Waals surface area contributed by atoms with Gasteiger partial charge in [0, 0.05) is 11.9 Å². The van der Waals surface area contributed by atoms with Crippen LogP contribution < -0.4 is 10.1 Å². The van der Waals surface area contributed by atoms with E-state index < -0.39 is 0 Å². The summed E-state index contributed by atoms with van der Waals surface area (Å²) < 4.78 is 7.95. The molecule has 0 spiro atoms. The fraction of sp³-hybridized carbons (Fsp3) is 0.250. The molecule has 1 aliphatic heterocycles. The van der Waals surface area contributed by atoms with Gasteiger partial charge in [0.05, 0.1) is 16.3 Å². The Balaban J connectivity index is 0.00000240. The fourth-order valence-electron chi connectivity index (χ4n) is 3.09. The van der Waals surface area contributed by atoms with E-state index in [1.165, 1.54) is 4.90 Å². The van der Waals surface area contributed by atoms with E-state index in [9.17, 15) is 9.59 Å². The second-order valence-electron chi connectivity index (χ2n) is 6.46. The molecule has 0 saturated carbocycles. The molecule has 0 aliphatic carbocycles. The number of imidazole rings is 1. The van der Waals surface area contributed by atoms with Gasteiger partial charge >= 0.3 is 0 Å². The fourth-order valence-corrected chi connectivity index (χ4v) is 4.38. The van der Waals surface area contributed by atoms with Crippen molar-refractivity contribution >= 4 is 58.1 Å². The Labute approximate surface area is 183 Å². The van der Waals surface area contributed by atoms with E-state index in [4.69, 9.17) is 4.74 Å². The number of fused-ring (bicyclic) bond motifs is 1. The summed E-state index contributed by atoms with van der Waals surface area (Å²) in [5, 5.41) is 1.68. The standard InChI is InChI=1S/C20H19N3O3S2.ClH/c1-23-16-10-14(27-2)7-8-15(16)21-18(23)11-26-13-5-3-12(4-6-13)9-17-19(24)22-20(25)28-17;/h3-8,10,17H,9,11H2,1-2H3,(H,22,24,25);1H. The molecule has 0 radical (unpaired) electrons. The summed E-state index contributed by atoms with van der Waals surface area (Å²) in [5.74, 6) is 1.37. The SMILES string of the molecule is CSc1ccc2nc(COc3ccc(CC4SC(=O)NC4=O)cc3)n(C)c2c1.Cl. The van der Waals surface area contributed by atoms with Gasteiger partial charge in [-0.15, -0.1) is 24.2 Å². The number of thioether (sulfide) groups is 2. The zero-order valence-electron chi connectivity index (χ0n) is 15.9. The summed E-state index contributed by atoms with van der Waals surface area (Å²) in [4.78, 5) is 28.8. The van der Waals surface area contributed by atoms with Gasteiger partial charge in [0.15, 0.2) is 0 Å². The molecule has 4 rings (SSSR count). The van der Waals surface area contributed by atoms with Crippen molar-refractivity contribution in [2.75, 3.05) is 6.26 Å². The van der Waals surface area contributed by atoms with Gasteiger partial charge in [-0.2, -0.15) is 0 Å². The molecule has 2 aromatic carbocycles. The quantitative estimate of drug-likeness (QED) is 0.569. The summed E-state index contributed by atoms with van der Waals surface area (Å²) in [7, 11) is 1.99. The summed E-state index contributed by atoms with van der Waals surface area (Å²) in [6.07, 6.45) is 2.58. The van der Waals surface area contributed by atoms with E-state index in [2.05, 4.69) is 33.3 Å². The average Bonchev–Trinajstić information content (AvgIpc) is 3.19. The highest BCUT2D eigenvalue weighted by molar-refractivity contribution is 8.15. The van der Waals surface area contributed by atoms with Crippen molar-refractivity contribution in [2.24, 2.45) is 7.05 Å². The highest BCUT2D eigenvalue weighted by Crippen LogP contribution is 2.25. The van der Waals surface area contributed by atoms with E-state index >= 15 is 0 Å². The monoisotopic (exact) mass is 449 g/mol. The predicted molar refractivity (Wildman–Crippen MR) is 119 cm³/mol. The lowest BCUT2D eigenvalue weighted by Gasteiger charge is -2.09. The first-order valence-corrected chi connectivity index (χ1v) is 10.9. The minimum atomic E-state index is -0.356. The Kier molecular flexibility index (Phi) is 6.77. The zero-order valence-corrected chi connectivity index (χ0v) is 18.3. The highest BCUT2D eigenvalue weighted by atomic mass is 35.5. The Morgan fingerprint density at radius 2 is 1.97 bits per heavy atom. The average molecular weight is 450 g/mol. The topological polar surface area (TPSA) is 73.2 Å². The van der Waals surface area contributed by atoms with Crippen molar-refractivity contribution in [3.8, 4) is 5.75 Å². The molecule has 29 heavy (non-hydrogen) atoms. The number of ether oxygens (including phenoxy) is 1. The van der Waals surface area contributed by atoms with Gasteiger partial charge in [-0.3, -0.25) is 14.9 Å². The third kappa shape index (κ3) is 4.71. The number of imide groups is 1. The number of benzene rings is 2. The molecule has 2 amide bonds. The number of nitrogens with one attached hydrogen (secondary N) is 1. The Bertz CT molecular complexity index is 1050. The molecular formula is C20H20ClN3O3S2. The molecule has 1 aromatic heterocycles. The highest BCUT2D eigenvalue weighted by Gasteiger charge is 2.31. The molecule has 1 aliphatic rings. The van der Waals surface area contributed by atoms with Crippen LogP contribution in [0, 0.1) is 0 Å². The number of amides is 2. The third-order valence-electron chi connectivity index (χ3n) is 4.66. The molecule has 9 heteroatoms. The molecule has 1 saturated heterocycles. The van der Waals surface area contributed by atoms with E-state index in [1.807, 2.05) is 37.4 Å². The van der Waals surface area contributed by atoms with Gasteiger partial charge in [-0.1, -0.05) is 23.9 Å². The molecule has 1 fully saturated rings. The molecule has 152 valence electrons. The molecule has 1 atom stereocenters. The summed E-state index contributed by atoms with van der Waals surface area (Å²) >= 11 is 2.75. The van der Waals surface area contributed by atoms with Crippen molar-refractivity contribution in [3.63, 3.8) is 0 Å². The largest absolute Gasteiger partial charge is 0.486 e. The lowest BCUT2D eigenvalue weighted by molar-refractivity contribution is -0.118. The maximum atomic E-state index is 11.7. The van der Waals surface area contributed by atoms with E-state index in [1.54, 1.807) is 11.8 Å². The lowest BCUT2D eigenvalue weighted by Crippen LogP contribution is -2.25. The number of hydrogen-bond acceptors (Lipinski definition) is 6. The second kappa shape index (κ2) is 9.11. The molecular weight excluding hydrogens is 430 g/mol. The number of hydrogen-bond donors (Lipinski definition) is 1. The molecule has 1 N–H and O–H groups in total. The van der Waals surface area contributed by atoms with Crippen molar-refractivity contribution < 1.29 is 14.3 Å². The number of carbonyl (C=O) groups excluding carboxylic acids is 2. The van der Waals surface area contributed by atoms with Crippen LogP contribution in [0.3, 0.4) is 0 Å². The van der Waals surface area contributed by atoms with Crippen LogP contribution >= 0.6 is 35.9 Å². The van der Waals surface area contributed by atoms with Crippen molar-refractivity contribution in [2.45, 2.75) is 23.2 Å². The third-order valence-corrected chi connectivity index (χ3v) is 6.37. The van der Waals surface area contributed by atoms with Gasteiger partial charge in [-0.05, 0) is 48.6 Å². The lowest BCUT2D eigenvalue weighted by atomic mass is 10.1. The summed E-state index contributed by atoms with van der Waals surface area (Å²) in [6, 6.07) is 13.8. The van der Waals surface area contributed by atoms with Crippen molar-refractivity contribution in [1.29, 1.82) is 0 Å². The summed E-state index contributed by atoms with van der Waals surface area (Å²) in [6.45, 7) is 0.370. The smallest absolute Gasteiger partial charge is 0.286 e. The Morgan fingerprint density at radius 1 is 1.21 bits per heavy atom. The number of rotatable bonds is 6. The minimum absolute atomic E-state index is 0. The van der Waals surface area contributed by atoms with Crippen molar-refractivity contribution in [3.05, 3.63) is 53.9 Å². The van der Waals surface area contributed by atoms with E-state index in [-0.39, 0.29) is 28.8 Å². The number of aryl methyl sites for hydroxylation is 1. The first-order chi connectivity index (χ1) is 13.5. The first-order valence-electron chi connectivity index (χ1n) is 8.76. The zero-order chi connectivity index (χ0) is 19.7. The molecule has 1 unspecified atom stereocenters. The summed E-state index contributed by atoms with van der Waals surface area (Å²) in [5.41, 5.74) is 3.03. The Hall–Kier alpha value is -2.16. The van der Waals surface area contributed by atoms with Gasteiger partial charge < -0.3 is 9.30 Å². The van der Waals surface area contributed by atoms with Gasteiger partial charge in [0.25, 0.3) is 5.24 Å². The van der Waals surface area contributed by atoms with Crippen molar-refractivity contribution in [1.82, 2.24) is 14.9 Å². The van der Waals surface area contributed by atoms with Crippen LogP contribution in [0.15, 0.2) is 47.4 Å². The number of nitrogens with zero attached hydrogens (tertiary/aromatic N) is 2. The van der Waals surface area contributed by atoms with Crippen LogP contribution in [-0.4, -0.2) is 32.2 Å². The molecule has 0 bridgehead atoms. The molecule has 6 nitrogen and oxygen atoms in total. The van der Waals surface area contributed by atoms with Crippen LogP contribution in [0.2, 0.25) is 0 Å². The van der Waals surface area contributed by atoms with Crippen LogP contribution in [0.25, 0.3) is 11.0 Å². The number of aromatic nitrogens is 2. The molecule has 3 aromatic rings. The van der Waals surface area contributed by atoms with Crippen LogP contribution in [-0.2, 0) is 24.9 Å². The van der Waals surface area contributed by atoms with Gasteiger partial charge in [0.2, 0.25) is 5.91 Å². The normalized spacial score (nSPS) is 16.0. The second-order valence-corrected chi connectivity index (χ2v) is 8.52. The van der Waals surface area contributed by atoms with Crippen LogP contribution in [0.5, 0.6) is 5.75 Å². The minimum Gasteiger partial charge on any atom is -0.486 e. The van der Waals surface area contributed by atoms with Crippen LogP contribution in [0.1, 0.15) is 11.4 Å². The molecule has 2 heterocycles. The van der Waals surface area contributed by atoms with E-state index in [0.717, 1.165) is 39.9 Å². The predicted octanol–water partition coefficient (Wildman–Crippen LogP) is 4.19. The Morgan fingerprint density at radius 3 is 2.62 bits per heavy atom. The van der Waals surface area contributed by atoms with Gasteiger partial charge in [0.1, 0.15) is 18.2 Å². The van der Waals surface area contributed by atoms with Gasteiger partial charge in [-0.25, -0.2) is 4.98 Å². The maximum Gasteiger partial charge on any atom is 0.286 e. The number of halogens is 1. The maximum absolute atomic E-state index is 11.7. The van der Waals surface area contributed by atoms with Crippen LogP contribution in [0.4, 0.5) is 4.79 Å². The number of carbonyl (C=O) groups is 2. The van der Waals surface area contributed by atoms with E-state index in [0.29, 0.717) is 13.0 Å².